The Balaban J connectivity index is 2.01. The SMILES string of the molecule is COc1ccc(Cl)cc1N1CCCn2c1nc1c2c(=O)[nH]c(=O)n1C. The third-order valence-corrected chi connectivity index (χ3v) is 4.66. The second-order valence-corrected chi connectivity index (χ2v) is 6.31. The number of aromatic nitrogens is 4. The van der Waals surface area contributed by atoms with Crippen molar-refractivity contribution in [2.75, 3.05) is 18.6 Å². The summed E-state index contributed by atoms with van der Waals surface area (Å²) >= 11 is 6.16. The molecule has 0 aliphatic carbocycles. The number of anilines is 2. The number of nitrogens with one attached hydrogen (secondary N) is 1. The molecule has 0 saturated carbocycles. The fraction of sp³-hybridized carbons (Fsp3) is 0.312. The van der Waals surface area contributed by atoms with Gasteiger partial charge in [-0.15, -0.1) is 0 Å². The van der Waals surface area contributed by atoms with E-state index in [-0.39, 0.29) is 0 Å². The van der Waals surface area contributed by atoms with E-state index in [9.17, 15) is 9.59 Å². The fourth-order valence-electron chi connectivity index (χ4n) is 3.23. The highest BCUT2D eigenvalue weighted by Gasteiger charge is 2.27. The lowest BCUT2D eigenvalue weighted by molar-refractivity contribution is 0.414. The summed E-state index contributed by atoms with van der Waals surface area (Å²) in [6, 6.07) is 5.35. The molecule has 0 bridgehead atoms. The van der Waals surface area contributed by atoms with Crippen molar-refractivity contribution in [3.8, 4) is 5.75 Å². The molecule has 0 fully saturated rings. The van der Waals surface area contributed by atoms with Crippen molar-refractivity contribution in [3.63, 3.8) is 0 Å². The van der Waals surface area contributed by atoms with Gasteiger partial charge >= 0.3 is 5.69 Å². The Kier molecular flexibility index (Phi) is 3.57. The predicted molar refractivity (Wildman–Crippen MR) is 95.2 cm³/mol. The third kappa shape index (κ3) is 2.32. The van der Waals surface area contributed by atoms with E-state index in [0.29, 0.717) is 41.0 Å². The standard InChI is InChI=1S/C16H16ClN5O3/c1-20-13-12(14(23)19-16(20)24)22-7-3-6-21(15(22)18-13)10-8-9(17)4-5-11(10)25-2/h4-5,8H,3,6-7H2,1-2H3,(H,19,23,24). The van der Waals surface area contributed by atoms with Crippen LogP contribution in [0.3, 0.4) is 0 Å². The quantitative estimate of drug-likeness (QED) is 0.749. The molecule has 9 heteroatoms. The maximum Gasteiger partial charge on any atom is 0.329 e. The minimum Gasteiger partial charge on any atom is -0.495 e. The van der Waals surface area contributed by atoms with Crippen LogP contribution >= 0.6 is 11.6 Å². The highest BCUT2D eigenvalue weighted by atomic mass is 35.5. The van der Waals surface area contributed by atoms with E-state index in [1.54, 1.807) is 32.4 Å². The average Bonchev–Trinajstić information content (AvgIpc) is 3.00. The summed E-state index contributed by atoms with van der Waals surface area (Å²) in [6.45, 7) is 1.35. The van der Waals surface area contributed by atoms with Crippen molar-refractivity contribution in [2.45, 2.75) is 13.0 Å². The second-order valence-electron chi connectivity index (χ2n) is 5.88. The van der Waals surface area contributed by atoms with Crippen molar-refractivity contribution in [1.82, 2.24) is 19.1 Å². The van der Waals surface area contributed by atoms with Crippen LogP contribution < -0.4 is 20.9 Å². The van der Waals surface area contributed by atoms with Crippen LogP contribution in [0.15, 0.2) is 27.8 Å². The zero-order valence-corrected chi connectivity index (χ0v) is 14.5. The normalized spacial score (nSPS) is 14.0. The number of fused-ring (bicyclic) bond motifs is 3. The summed E-state index contributed by atoms with van der Waals surface area (Å²) in [4.78, 5) is 33.0. The molecule has 130 valence electrons. The number of aryl methyl sites for hydroxylation is 2. The highest BCUT2D eigenvalue weighted by molar-refractivity contribution is 6.31. The molecule has 3 aromatic rings. The predicted octanol–water partition coefficient (Wildman–Crippen LogP) is 1.63. The Hall–Kier alpha value is -2.74. The molecular formula is C16H16ClN5O3. The lowest BCUT2D eigenvalue weighted by atomic mass is 10.2. The Morgan fingerprint density at radius 1 is 1.28 bits per heavy atom. The Labute approximate surface area is 147 Å². The van der Waals surface area contributed by atoms with Gasteiger partial charge in [-0.3, -0.25) is 14.3 Å². The Morgan fingerprint density at radius 2 is 2.08 bits per heavy atom. The van der Waals surface area contributed by atoms with Gasteiger partial charge in [0.15, 0.2) is 11.2 Å². The maximum atomic E-state index is 12.3. The van der Waals surface area contributed by atoms with Gasteiger partial charge in [-0.05, 0) is 24.6 Å². The van der Waals surface area contributed by atoms with Crippen LogP contribution in [-0.4, -0.2) is 32.8 Å². The number of benzene rings is 1. The van der Waals surface area contributed by atoms with E-state index in [4.69, 9.17) is 16.3 Å². The number of aromatic amines is 1. The number of hydrogen-bond donors (Lipinski definition) is 1. The molecule has 1 aliphatic rings. The lowest BCUT2D eigenvalue weighted by Gasteiger charge is -2.30. The number of imidazole rings is 1. The largest absolute Gasteiger partial charge is 0.495 e. The molecule has 0 atom stereocenters. The number of nitrogens with zero attached hydrogens (tertiary/aromatic N) is 4. The van der Waals surface area contributed by atoms with Gasteiger partial charge in [0.2, 0.25) is 5.95 Å². The zero-order valence-electron chi connectivity index (χ0n) is 13.7. The fourth-order valence-corrected chi connectivity index (χ4v) is 3.40. The van der Waals surface area contributed by atoms with E-state index in [0.717, 1.165) is 12.1 Å². The molecule has 0 unspecified atom stereocenters. The molecule has 8 nitrogen and oxygen atoms in total. The zero-order chi connectivity index (χ0) is 17.7. The molecule has 1 N–H and O–H groups in total. The van der Waals surface area contributed by atoms with Crippen LogP contribution in [0.25, 0.3) is 11.2 Å². The Morgan fingerprint density at radius 3 is 2.84 bits per heavy atom. The molecule has 4 rings (SSSR count). The van der Waals surface area contributed by atoms with E-state index in [1.165, 1.54) is 4.57 Å². The van der Waals surface area contributed by atoms with Crippen molar-refractivity contribution < 1.29 is 4.74 Å². The first-order chi connectivity index (χ1) is 12.0. The summed E-state index contributed by atoms with van der Waals surface area (Å²) in [5.41, 5.74) is 0.601. The number of ether oxygens (including phenoxy) is 1. The van der Waals surface area contributed by atoms with Gasteiger partial charge < -0.3 is 14.2 Å². The molecular weight excluding hydrogens is 346 g/mol. The van der Waals surface area contributed by atoms with Gasteiger partial charge in [0.25, 0.3) is 5.56 Å². The van der Waals surface area contributed by atoms with E-state index in [2.05, 4.69) is 9.97 Å². The van der Waals surface area contributed by atoms with Crippen LogP contribution in [0.1, 0.15) is 6.42 Å². The van der Waals surface area contributed by atoms with Crippen molar-refractivity contribution in [2.24, 2.45) is 7.05 Å². The topological polar surface area (TPSA) is 85.2 Å². The van der Waals surface area contributed by atoms with Crippen molar-refractivity contribution in [1.29, 1.82) is 0 Å². The first-order valence-electron chi connectivity index (χ1n) is 7.82. The van der Waals surface area contributed by atoms with Gasteiger partial charge in [-0.2, -0.15) is 4.98 Å². The molecule has 0 saturated heterocycles. The van der Waals surface area contributed by atoms with E-state index in [1.807, 2.05) is 9.47 Å². The smallest absolute Gasteiger partial charge is 0.329 e. The summed E-state index contributed by atoms with van der Waals surface area (Å²) in [5, 5.41) is 0.578. The highest BCUT2D eigenvalue weighted by Crippen LogP contribution is 2.38. The molecule has 1 aliphatic heterocycles. The molecule has 25 heavy (non-hydrogen) atoms. The number of halogens is 1. The van der Waals surface area contributed by atoms with Gasteiger partial charge in [0, 0.05) is 25.2 Å². The number of methoxy groups -OCH3 is 1. The summed E-state index contributed by atoms with van der Waals surface area (Å²) in [7, 11) is 3.18. The molecule has 3 heterocycles. The van der Waals surface area contributed by atoms with Crippen LogP contribution in [0, 0.1) is 0 Å². The molecule has 2 aromatic heterocycles. The average molecular weight is 362 g/mol. The van der Waals surface area contributed by atoms with Crippen molar-refractivity contribution in [3.05, 3.63) is 44.1 Å². The van der Waals surface area contributed by atoms with Crippen molar-refractivity contribution >= 4 is 34.4 Å². The number of H-pyrrole nitrogens is 1. The second kappa shape index (κ2) is 5.66. The Bertz CT molecular complexity index is 1100. The summed E-state index contributed by atoms with van der Waals surface area (Å²) in [6.07, 6.45) is 0.816. The monoisotopic (exact) mass is 361 g/mol. The number of hydrogen-bond acceptors (Lipinski definition) is 5. The number of rotatable bonds is 2. The minimum absolute atomic E-state index is 0.358. The van der Waals surface area contributed by atoms with E-state index < -0.39 is 11.2 Å². The summed E-state index contributed by atoms with van der Waals surface area (Å²) in [5.74, 6) is 1.25. The molecule has 0 spiro atoms. The van der Waals surface area contributed by atoms with Gasteiger partial charge in [-0.1, -0.05) is 11.6 Å². The van der Waals surface area contributed by atoms with Crippen LogP contribution in [0.4, 0.5) is 11.6 Å². The van der Waals surface area contributed by atoms with Gasteiger partial charge in [0.1, 0.15) is 5.75 Å². The first-order valence-corrected chi connectivity index (χ1v) is 8.19. The van der Waals surface area contributed by atoms with Crippen LogP contribution in [0.5, 0.6) is 5.75 Å². The van der Waals surface area contributed by atoms with Gasteiger partial charge in [0.05, 0.1) is 12.8 Å². The lowest BCUT2D eigenvalue weighted by Crippen LogP contribution is -2.31. The van der Waals surface area contributed by atoms with Crippen LogP contribution in [-0.2, 0) is 13.6 Å². The minimum atomic E-state index is -0.486. The molecule has 0 radical (unpaired) electrons. The first kappa shape index (κ1) is 15.8. The van der Waals surface area contributed by atoms with Crippen LogP contribution in [0.2, 0.25) is 5.02 Å². The molecule has 0 amide bonds. The van der Waals surface area contributed by atoms with Gasteiger partial charge in [-0.25, -0.2) is 4.79 Å². The molecule has 1 aromatic carbocycles. The third-order valence-electron chi connectivity index (χ3n) is 4.42. The summed E-state index contributed by atoms with van der Waals surface area (Å²) < 4.78 is 8.62. The van der Waals surface area contributed by atoms with E-state index >= 15 is 0 Å². The maximum absolute atomic E-state index is 12.3.